The van der Waals surface area contributed by atoms with Crippen molar-refractivity contribution in [2.75, 3.05) is 6.61 Å². The van der Waals surface area contributed by atoms with Crippen molar-refractivity contribution in [2.45, 2.75) is 22.7 Å². The largest absolute Gasteiger partial charge is 0.396 e. The van der Waals surface area contributed by atoms with E-state index >= 15 is 0 Å². The van der Waals surface area contributed by atoms with Crippen molar-refractivity contribution in [3.8, 4) is 0 Å². The van der Waals surface area contributed by atoms with Crippen LogP contribution in [-0.2, 0) is 0 Å². The van der Waals surface area contributed by atoms with Gasteiger partial charge in [0, 0.05) is 10.0 Å². The van der Waals surface area contributed by atoms with Gasteiger partial charge in [0.05, 0.1) is 0 Å². The van der Waals surface area contributed by atoms with E-state index < -0.39 is 0 Å². The number of aliphatic hydroxyl groups excluding tert-OH is 1. The van der Waals surface area contributed by atoms with E-state index in [0.29, 0.717) is 10.0 Å². The maximum Gasteiger partial charge on any atom is 0.0443 e. The number of halogens is 1. The van der Waals surface area contributed by atoms with E-state index in [1.54, 1.807) is 0 Å². The Kier molecular flexibility index (Phi) is 1.58. The molecule has 1 rings (SSSR count). The van der Waals surface area contributed by atoms with Gasteiger partial charge in [0.25, 0.3) is 0 Å². The molecule has 0 amide bonds. The molecular formula is C5H9IO. The van der Waals surface area contributed by atoms with E-state index in [1.807, 2.05) is 0 Å². The van der Waals surface area contributed by atoms with Crippen LogP contribution in [0, 0.1) is 0 Å². The summed E-state index contributed by atoms with van der Waals surface area (Å²) < 4.78 is 0.520. The Labute approximate surface area is 57.2 Å². The van der Waals surface area contributed by atoms with Crippen LogP contribution < -0.4 is 0 Å². The van der Waals surface area contributed by atoms with Crippen molar-refractivity contribution < 1.29 is 5.11 Å². The van der Waals surface area contributed by atoms with E-state index in [4.69, 9.17) is 5.11 Å². The zero-order valence-corrected chi connectivity index (χ0v) is 6.31. The summed E-state index contributed by atoms with van der Waals surface area (Å²) in [5.74, 6) is 0. The fraction of sp³-hybridized carbons (Fsp3) is 1.00. The van der Waals surface area contributed by atoms with Crippen molar-refractivity contribution in [3.63, 3.8) is 0 Å². The van der Waals surface area contributed by atoms with E-state index in [-0.39, 0.29) is 0 Å². The van der Waals surface area contributed by atoms with Crippen LogP contribution in [0.2, 0.25) is 0 Å². The predicted octanol–water partition coefficient (Wildman–Crippen LogP) is 1.34. The maximum atomic E-state index is 8.44. The SMILES string of the molecule is OCCC1(I)CC1. The molecule has 1 aliphatic rings. The van der Waals surface area contributed by atoms with E-state index in [9.17, 15) is 0 Å². The van der Waals surface area contributed by atoms with Crippen LogP contribution in [0.3, 0.4) is 0 Å². The highest BCUT2D eigenvalue weighted by Crippen LogP contribution is 2.47. The highest BCUT2D eigenvalue weighted by Gasteiger charge is 2.38. The average molecular weight is 212 g/mol. The number of alkyl halides is 1. The number of rotatable bonds is 2. The normalized spacial score (nSPS) is 24.9. The number of hydrogen-bond donors (Lipinski definition) is 1. The molecule has 0 saturated heterocycles. The molecule has 1 fully saturated rings. The maximum absolute atomic E-state index is 8.44. The van der Waals surface area contributed by atoms with Gasteiger partial charge in [-0.1, -0.05) is 22.6 Å². The lowest BCUT2D eigenvalue weighted by Crippen LogP contribution is -1.98. The van der Waals surface area contributed by atoms with Gasteiger partial charge in [0.1, 0.15) is 0 Å². The van der Waals surface area contributed by atoms with Gasteiger partial charge in [-0.25, -0.2) is 0 Å². The fourth-order valence-corrected chi connectivity index (χ4v) is 1.10. The van der Waals surface area contributed by atoms with Gasteiger partial charge in [-0.15, -0.1) is 0 Å². The molecule has 1 nitrogen and oxygen atoms in total. The molecule has 2 heteroatoms. The van der Waals surface area contributed by atoms with Crippen LogP contribution >= 0.6 is 22.6 Å². The average Bonchev–Trinajstić information content (AvgIpc) is 2.22. The first kappa shape index (κ1) is 5.82. The van der Waals surface area contributed by atoms with E-state index in [1.165, 1.54) is 12.8 Å². The summed E-state index contributed by atoms with van der Waals surface area (Å²) in [6.45, 7) is 0.364. The molecule has 7 heavy (non-hydrogen) atoms. The van der Waals surface area contributed by atoms with Gasteiger partial charge in [0.15, 0.2) is 0 Å². The predicted molar refractivity (Wildman–Crippen MR) is 37.7 cm³/mol. The third-order valence-electron chi connectivity index (χ3n) is 1.35. The number of aliphatic hydroxyl groups is 1. The first-order chi connectivity index (χ1) is 3.27. The highest BCUT2D eigenvalue weighted by atomic mass is 127. The summed E-state index contributed by atoms with van der Waals surface area (Å²) in [7, 11) is 0. The van der Waals surface area contributed by atoms with Crippen LogP contribution in [-0.4, -0.2) is 15.1 Å². The molecule has 1 saturated carbocycles. The molecule has 0 aromatic heterocycles. The van der Waals surface area contributed by atoms with Crippen LogP contribution in [0.5, 0.6) is 0 Å². The molecule has 1 N–H and O–H groups in total. The second kappa shape index (κ2) is 1.90. The minimum absolute atomic E-state index is 0.364. The Morgan fingerprint density at radius 1 is 1.57 bits per heavy atom. The Morgan fingerprint density at radius 3 is 2.29 bits per heavy atom. The van der Waals surface area contributed by atoms with Gasteiger partial charge in [-0.05, 0) is 19.3 Å². The minimum Gasteiger partial charge on any atom is -0.396 e. The molecule has 1 aliphatic carbocycles. The summed E-state index contributed by atoms with van der Waals surface area (Å²) in [6.07, 6.45) is 3.62. The third-order valence-corrected chi connectivity index (χ3v) is 2.97. The van der Waals surface area contributed by atoms with Crippen LogP contribution in [0.1, 0.15) is 19.3 Å². The van der Waals surface area contributed by atoms with Gasteiger partial charge in [-0.3, -0.25) is 0 Å². The van der Waals surface area contributed by atoms with Crippen LogP contribution in [0.25, 0.3) is 0 Å². The zero-order chi connectivity index (χ0) is 5.33. The first-order valence-electron chi connectivity index (χ1n) is 2.57. The van der Waals surface area contributed by atoms with Crippen LogP contribution in [0.4, 0.5) is 0 Å². The lowest BCUT2D eigenvalue weighted by molar-refractivity contribution is 0.286. The molecule has 0 radical (unpaired) electrons. The van der Waals surface area contributed by atoms with Crippen molar-refractivity contribution in [3.05, 3.63) is 0 Å². The van der Waals surface area contributed by atoms with Crippen molar-refractivity contribution in [2.24, 2.45) is 0 Å². The Hall–Kier alpha value is 0.690. The smallest absolute Gasteiger partial charge is 0.0443 e. The van der Waals surface area contributed by atoms with Gasteiger partial charge >= 0.3 is 0 Å². The topological polar surface area (TPSA) is 20.2 Å². The molecule has 0 atom stereocenters. The van der Waals surface area contributed by atoms with Crippen molar-refractivity contribution in [1.82, 2.24) is 0 Å². The minimum atomic E-state index is 0.364. The Morgan fingerprint density at radius 2 is 2.14 bits per heavy atom. The molecule has 42 valence electrons. The van der Waals surface area contributed by atoms with E-state index in [0.717, 1.165) is 6.42 Å². The Bertz CT molecular complexity index is 68.5. The van der Waals surface area contributed by atoms with Gasteiger partial charge < -0.3 is 5.11 Å². The van der Waals surface area contributed by atoms with Crippen LogP contribution in [0.15, 0.2) is 0 Å². The van der Waals surface area contributed by atoms with Crippen molar-refractivity contribution in [1.29, 1.82) is 0 Å². The summed E-state index contributed by atoms with van der Waals surface area (Å²) in [6, 6.07) is 0. The second-order valence-corrected chi connectivity index (χ2v) is 4.41. The summed E-state index contributed by atoms with van der Waals surface area (Å²) in [4.78, 5) is 0. The van der Waals surface area contributed by atoms with Gasteiger partial charge in [0.2, 0.25) is 0 Å². The lowest BCUT2D eigenvalue weighted by atomic mass is 10.3. The molecule has 0 unspecified atom stereocenters. The Balaban J connectivity index is 2.13. The third kappa shape index (κ3) is 1.57. The first-order valence-corrected chi connectivity index (χ1v) is 3.64. The lowest BCUT2D eigenvalue weighted by Gasteiger charge is -1.98. The molecule has 0 aromatic rings. The molecule has 0 heterocycles. The monoisotopic (exact) mass is 212 g/mol. The molecule has 0 spiro atoms. The van der Waals surface area contributed by atoms with Crippen molar-refractivity contribution >= 4 is 22.6 Å². The van der Waals surface area contributed by atoms with E-state index in [2.05, 4.69) is 22.6 Å². The number of hydrogen-bond acceptors (Lipinski definition) is 1. The zero-order valence-electron chi connectivity index (χ0n) is 4.15. The summed E-state index contributed by atoms with van der Waals surface area (Å²) in [5.41, 5.74) is 0. The standard InChI is InChI=1S/C5H9IO/c6-5(1-2-5)3-4-7/h7H,1-4H2. The molecule has 0 bridgehead atoms. The highest BCUT2D eigenvalue weighted by molar-refractivity contribution is 14.1. The molecular weight excluding hydrogens is 203 g/mol. The fourth-order valence-electron chi connectivity index (χ4n) is 0.586. The molecule has 0 aliphatic heterocycles. The van der Waals surface area contributed by atoms with Gasteiger partial charge in [-0.2, -0.15) is 0 Å². The summed E-state index contributed by atoms with van der Waals surface area (Å²) in [5, 5.41) is 8.44. The quantitative estimate of drug-likeness (QED) is 0.540. The molecule has 0 aromatic carbocycles. The second-order valence-electron chi connectivity index (χ2n) is 2.12. The summed E-state index contributed by atoms with van der Waals surface area (Å²) >= 11 is 2.43.